The van der Waals surface area contributed by atoms with E-state index >= 15 is 0 Å². The monoisotopic (exact) mass is 811 g/mol. The summed E-state index contributed by atoms with van der Waals surface area (Å²) in [4.78, 5) is 77.7. The minimum atomic E-state index is -1.01. The van der Waals surface area contributed by atoms with E-state index in [1.165, 1.54) is 0 Å². The van der Waals surface area contributed by atoms with Crippen molar-refractivity contribution in [1.29, 1.82) is 0 Å². The predicted molar refractivity (Wildman–Crippen MR) is 219 cm³/mol. The first-order valence-corrected chi connectivity index (χ1v) is 20.7. The van der Waals surface area contributed by atoms with Crippen molar-refractivity contribution in [2.45, 2.75) is 69.4 Å². The number of rotatable bonds is 8. The number of nitrogens with zero attached hydrogens (tertiary/aromatic N) is 9. The first-order valence-electron chi connectivity index (χ1n) is 19.9. The lowest BCUT2D eigenvalue weighted by Gasteiger charge is -2.38. The van der Waals surface area contributed by atoms with Gasteiger partial charge in [0.1, 0.15) is 11.0 Å². The highest BCUT2D eigenvalue weighted by Crippen LogP contribution is 2.40. The maximum Gasteiger partial charge on any atom is 0.262 e. The molecule has 5 amide bonds. The Morgan fingerprint density at radius 1 is 0.915 bits per heavy atom. The lowest BCUT2D eigenvalue weighted by Crippen LogP contribution is -2.54. The van der Waals surface area contributed by atoms with E-state index < -0.39 is 29.7 Å². The third-order valence-corrected chi connectivity index (χ3v) is 13.4. The molecule has 9 rings (SSSR count). The molecule has 4 aromatic heterocycles. The second kappa shape index (κ2) is 15.3. The zero-order chi connectivity index (χ0) is 40.9. The van der Waals surface area contributed by atoms with Gasteiger partial charge in [0.15, 0.2) is 5.01 Å². The summed E-state index contributed by atoms with van der Waals surface area (Å²) in [6.07, 6.45) is 8.47. The molecule has 0 radical (unpaired) electrons. The van der Waals surface area contributed by atoms with Gasteiger partial charge in [0.05, 0.1) is 46.4 Å². The minimum absolute atomic E-state index is 0.0690. The summed E-state index contributed by atoms with van der Waals surface area (Å²) in [5, 5.41) is 20.9. The molecule has 17 heteroatoms. The summed E-state index contributed by atoms with van der Waals surface area (Å²) < 4.78 is 1.78. The van der Waals surface area contributed by atoms with Gasteiger partial charge in [-0.05, 0) is 87.4 Å². The van der Waals surface area contributed by atoms with Crippen LogP contribution in [0.15, 0.2) is 54.9 Å². The summed E-state index contributed by atoms with van der Waals surface area (Å²) in [6, 6.07) is 11.9. The topological polar surface area (TPSA) is 179 Å². The number of carbonyl (C=O) groups excluding carboxylic acids is 5. The first kappa shape index (κ1) is 38.0. The molecule has 16 nitrogen and oxygen atoms in total. The second-order valence-corrected chi connectivity index (χ2v) is 16.6. The van der Waals surface area contributed by atoms with Gasteiger partial charge in [0, 0.05) is 69.1 Å². The number of hydrogen-bond donors (Lipinski definition) is 2. The lowest BCUT2D eigenvalue weighted by molar-refractivity contribution is -0.138. The Labute approximate surface area is 343 Å². The van der Waals surface area contributed by atoms with Crippen molar-refractivity contribution in [2.75, 3.05) is 37.4 Å². The quantitative estimate of drug-likeness (QED) is 0.153. The third-order valence-electron chi connectivity index (χ3n) is 12.3. The van der Waals surface area contributed by atoms with Gasteiger partial charge < -0.3 is 15.1 Å². The maximum absolute atomic E-state index is 13.8. The molecule has 59 heavy (non-hydrogen) atoms. The number of anilines is 2. The Bertz CT molecular complexity index is 2580. The van der Waals surface area contributed by atoms with Crippen molar-refractivity contribution in [3.05, 3.63) is 82.4 Å². The largest absolute Gasteiger partial charge is 0.387 e. The molecule has 3 aliphatic heterocycles. The summed E-state index contributed by atoms with van der Waals surface area (Å²) in [7, 11) is 3.79. The molecule has 1 unspecified atom stereocenters. The van der Waals surface area contributed by atoms with E-state index in [0.29, 0.717) is 31.6 Å². The number of hydrogen-bond acceptors (Lipinski definition) is 12. The Kier molecular flexibility index (Phi) is 9.87. The van der Waals surface area contributed by atoms with Gasteiger partial charge >= 0.3 is 0 Å². The Balaban J connectivity index is 0.787. The van der Waals surface area contributed by atoms with Crippen molar-refractivity contribution >= 4 is 63.5 Å². The Morgan fingerprint density at radius 2 is 1.69 bits per heavy atom. The summed E-state index contributed by atoms with van der Waals surface area (Å²) in [5.74, 6) is -1.78. The van der Waals surface area contributed by atoms with Crippen LogP contribution in [-0.4, -0.2) is 103 Å². The molecule has 300 valence electrons. The van der Waals surface area contributed by atoms with Crippen LogP contribution in [0.25, 0.3) is 32.3 Å². The average molecular weight is 812 g/mol. The smallest absolute Gasteiger partial charge is 0.262 e. The number of aromatic nitrogens is 5. The van der Waals surface area contributed by atoms with E-state index in [-0.39, 0.29) is 47.8 Å². The summed E-state index contributed by atoms with van der Waals surface area (Å²) >= 11 is 1.58. The van der Waals surface area contributed by atoms with E-state index in [9.17, 15) is 24.0 Å². The highest BCUT2D eigenvalue weighted by atomic mass is 32.1. The predicted octanol–water partition coefficient (Wildman–Crippen LogP) is 5.31. The highest BCUT2D eigenvalue weighted by Gasteiger charge is 2.45. The van der Waals surface area contributed by atoms with Gasteiger partial charge in [-0.25, -0.2) is 9.36 Å². The fourth-order valence-electron chi connectivity index (χ4n) is 8.94. The number of benzene rings is 1. The highest BCUT2D eigenvalue weighted by molar-refractivity contribution is 7.14. The molecule has 2 saturated heterocycles. The molecular formula is C42H41N11O5S. The van der Waals surface area contributed by atoms with Crippen molar-refractivity contribution in [3.63, 3.8) is 0 Å². The molecule has 7 heterocycles. The zero-order valence-electron chi connectivity index (χ0n) is 32.6. The van der Waals surface area contributed by atoms with Crippen molar-refractivity contribution in [3.8, 4) is 22.0 Å². The van der Waals surface area contributed by atoms with Gasteiger partial charge in [-0.15, -0.1) is 10.2 Å². The molecule has 2 N–H and O–H groups in total. The van der Waals surface area contributed by atoms with Gasteiger partial charge in [-0.3, -0.25) is 39.2 Å². The molecule has 0 spiro atoms. The van der Waals surface area contributed by atoms with E-state index in [4.69, 9.17) is 11.6 Å². The first-order chi connectivity index (χ1) is 28.6. The molecule has 5 aromatic rings. The van der Waals surface area contributed by atoms with Gasteiger partial charge in [0.2, 0.25) is 23.4 Å². The number of fused-ring (bicyclic) bond motifs is 2. The maximum atomic E-state index is 13.8. The van der Waals surface area contributed by atoms with E-state index in [2.05, 4.69) is 35.7 Å². The Morgan fingerprint density at radius 3 is 2.44 bits per heavy atom. The van der Waals surface area contributed by atoms with E-state index in [0.717, 1.165) is 74.4 Å². The molecule has 1 aromatic carbocycles. The number of nitrogens with one attached hydrogen (secondary N) is 2. The fraction of sp³-hybridized carbons (Fsp3) is 0.381. The van der Waals surface area contributed by atoms with E-state index in [1.54, 1.807) is 40.2 Å². The Hall–Kier alpha value is -6.54. The van der Waals surface area contributed by atoms with Crippen molar-refractivity contribution in [2.24, 2.45) is 5.92 Å². The molecule has 4 aliphatic rings. The number of carbonyl (C=O) groups is 5. The van der Waals surface area contributed by atoms with Gasteiger partial charge in [-0.2, -0.15) is 5.10 Å². The standard InChI is InChI=1S/C42H41N11O5S/c1-43-25-18-28-9-11-34(53(28)46-21-25)33-20-32(44-2)31(22-45-33)39-49-48-38(59-39)23-4-6-26(7-5-23)50(3)40(56)24-14-16-51(17-15-24)27-8-10-29-30(19-27)42(58)52(41(29)57)35-12-13-36(54)47-37(35)55/h8-11,18-24,26,35H,4-7,12-17H2,2-3H3,(H,44,45)(H,47,54,55). The fourth-order valence-corrected chi connectivity index (χ4v) is 9.98. The minimum Gasteiger partial charge on any atom is -0.387 e. The number of imide groups is 2. The average Bonchev–Trinajstić information content (AvgIpc) is 3.99. The molecule has 1 atom stereocenters. The summed E-state index contributed by atoms with van der Waals surface area (Å²) in [5.41, 5.74) is 5.90. The molecular weight excluding hydrogens is 771 g/mol. The zero-order valence-corrected chi connectivity index (χ0v) is 33.4. The lowest BCUT2D eigenvalue weighted by atomic mass is 9.85. The van der Waals surface area contributed by atoms with Crippen LogP contribution in [0.3, 0.4) is 0 Å². The van der Waals surface area contributed by atoms with Crippen LogP contribution in [0.5, 0.6) is 0 Å². The second-order valence-electron chi connectivity index (χ2n) is 15.6. The molecule has 1 saturated carbocycles. The van der Waals surface area contributed by atoms with Crippen LogP contribution in [0.4, 0.5) is 17.1 Å². The molecule has 1 aliphatic carbocycles. The van der Waals surface area contributed by atoms with Gasteiger partial charge in [0.25, 0.3) is 11.8 Å². The van der Waals surface area contributed by atoms with Crippen LogP contribution in [0, 0.1) is 12.5 Å². The van der Waals surface area contributed by atoms with Crippen LogP contribution in [-0.2, 0) is 14.4 Å². The number of pyridine rings is 1. The van der Waals surface area contributed by atoms with Crippen molar-refractivity contribution in [1.82, 2.24) is 39.9 Å². The molecule has 0 bridgehead atoms. The van der Waals surface area contributed by atoms with E-state index in [1.807, 2.05) is 49.5 Å². The third kappa shape index (κ3) is 6.86. The number of piperidine rings is 2. The van der Waals surface area contributed by atoms with Gasteiger partial charge in [-0.1, -0.05) is 11.3 Å². The van der Waals surface area contributed by atoms with Crippen LogP contribution < -0.4 is 15.5 Å². The molecule has 3 fully saturated rings. The van der Waals surface area contributed by atoms with Crippen LogP contribution >= 0.6 is 11.3 Å². The van der Waals surface area contributed by atoms with Crippen LogP contribution in [0.2, 0.25) is 0 Å². The van der Waals surface area contributed by atoms with Crippen LogP contribution in [0.1, 0.15) is 83.0 Å². The summed E-state index contributed by atoms with van der Waals surface area (Å²) in [6.45, 7) is 8.54. The normalized spacial score (nSPS) is 21.1. The SMILES string of the molecule is [C-]#[N+]c1cnn2c(-c3cc(NC)c(-c4nnc(C5CCC(N(C)C(=O)C6CCN(c7ccc8c(c7)C(=O)N(C7CCC(=O)NC7=O)C8=O)CC6)CC5)s4)cn3)ccc2c1. The number of amides is 5. The van der Waals surface area contributed by atoms with Crippen molar-refractivity contribution < 1.29 is 24.0 Å².